The second-order valence-corrected chi connectivity index (χ2v) is 5.43. The molecule has 0 fully saturated rings. The molecule has 0 aliphatic rings. The first-order valence-electron chi connectivity index (χ1n) is 7.63. The molecule has 5 heteroatoms. The summed E-state index contributed by atoms with van der Waals surface area (Å²) in [5.41, 5.74) is 3.94. The maximum atomic E-state index is 4.32. The van der Waals surface area contributed by atoms with Crippen molar-refractivity contribution in [1.82, 2.24) is 4.98 Å². The van der Waals surface area contributed by atoms with Gasteiger partial charge in [0.05, 0.1) is 11.4 Å². The molecule has 24 heavy (non-hydrogen) atoms. The first-order valence-corrected chi connectivity index (χ1v) is 7.63. The average Bonchev–Trinajstić information content (AvgIpc) is 2.61. The quantitative estimate of drug-likeness (QED) is 0.505. The molecule has 118 valence electrons. The first kappa shape index (κ1) is 15.7. The molecule has 0 amide bonds. The van der Waals surface area contributed by atoms with E-state index in [9.17, 15) is 0 Å². The van der Waals surface area contributed by atoms with Crippen LogP contribution >= 0.6 is 0 Å². The zero-order valence-electron chi connectivity index (χ0n) is 13.6. The molecular weight excluding hydrogens is 298 g/mol. The number of aryl methyl sites for hydroxylation is 2. The fourth-order valence-corrected chi connectivity index (χ4v) is 1.96. The van der Waals surface area contributed by atoms with E-state index < -0.39 is 0 Å². The Bertz CT molecular complexity index is 794. The summed E-state index contributed by atoms with van der Waals surface area (Å²) in [7, 11) is 0. The summed E-state index contributed by atoms with van der Waals surface area (Å²) in [6.45, 7) is 4.07. The second-order valence-electron chi connectivity index (χ2n) is 5.43. The normalized spacial score (nSPS) is 11.4. The lowest BCUT2D eigenvalue weighted by Crippen LogP contribution is -1.74. The van der Waals surface area contributed by atoms with Gasteiger partial charge in [0.15, 0.2) is 11.6 Å². The molecule has 0 aliphatic heterocycles. The summed E-state index contributed by atoms with van der Waals surface area (Å²) >= 11 is 0. The molecule has 0 aliphatic carbocycles. The Balaban J connectivity index is 1.74. The molecule has 0 atom stereocenters. The third kappa shape index (κ3) is 4.39. The SMILES string of the molecule is Cc1ccc(/N=N/c2cccc(/N=N/c3ccc(C)cc3)n2)cc1. The van der Waals surface area contributed by atoms with E-state index in [1.54, 1.807) is 12.1 Å². The lowest BCUT2D eigenvalue weighted by molar-refractivity contribution is 1.11. The van der Waals surface area contributed by atoms with Crippen LogP contribution in [-0.4, -0.2) is 4.98 Å². The minimum atomic E-state index is 0.496. The van der Waals surface area contributed by atoms with Gasteiger partial charge in [-0.2, -0.15) is 0 Å². The lowest BCUT2D eigenvalue weighted by Gasteiger charge is -1.96. The van der Waals surface area contributed by atoms with Gasteiger partial charge in [-0.05, 0) is 50.2 Å². The van der Waals surface area contributed by atoms with Gasteiger partial charge in [0.25, 0.3) is 0 Å². The Morgan fingerprint density at radius 1 is 0.542 bits per heavy atom. The second kappa shape index (κ2) is 7.37. The van der Waals surface area contributed by atoms with Crippen molar-refractivity contribution < 1.29 is 0 Å². The molecule has 1 heterocycles. The Hall–Kier alpha value is -3.21. The Morgan fingerprint density at radius 3 is 1.38 bits per heavy atom. The molecular formula is C19H17N5. The van der Waals surface area contributed by atoms with Gasteiger partial charge in [0, 0.05) is 0 Å². The van der Waals surface area contributed by atoms with Crippen LogP contribution in [0.1, 0.15) is 11.1 Å². The van der Waals surface area contributed by atoms with E-state index in [4.69, 9.17) is 0 Å². The highest BCUT2D eigenvalue weighted by molar-refractivity contribution is 5.42. The maximum Gasteiger partial charge on any atom is 0.176 e. The average molecular weight is 315 g/mol. The van der Waals surface area contributed by atoms with Gasteiger partial charge in [0.1, 0.15) is 0 Å². The lowest BCUT2D eigenvalue weighted by atomic mass is 10.2. The van der Waals surface area contributed by atoms with Crippen LogP contribution in [0.3, 0.4) is 0 Å². The van der Waals surface area contributed by atoms with Crippen molar-refractivity contribution >= 4 is 23.0 Å². The van der Waals surface area contributed by atoms with E-state index in [2.05, 4.69) is 25.4 Å². The van der Waals surface area contributed by atoms with Crippen LogP contribution in [0.15, 0.2) is 87.2 Å². The maximum absolute atomic E-state index is 4.32. The molecule has 0 spiro atoms. The number of hydrogen-bond acceptors (Lipinski definition) is 5. The number of nitrogens with zero attached hydrogens (tertiary/aromatic N) is 5. The number of aromatic nitrogens is 1. The van der Waals surface area contributed by atoms with Crippen molar-refractivity contribution in [3.63, 3.8) is 0 Å². The monoisotopic (exact) mass is 315 g/mol. The largest absolute Gasteiger partial charge is 0.206 e. The van der Waals surface area contributed by atoms with Gasteiger partial charge >= 0.3 is 0 Å². The highest BCUT2D eigenvalue weighted by Gasteiger charge is 1.96. The molecule has 2 aromatic carbocycles. The van der Waals surface area contributed by atoms with Crippen molar-refractivity contribution in [3.05, 3.63) is 77.9 Å². The van der Waals surface area contributed by atoms with E-state index >= 15 is 0 Å². The van der Waals surface area contributed by atoms with E-state index in [1.165, 1.54) is 11.1 Å². The molecule has 1 aromatic heterocycles. The van der Waals surface area contributed by atoms with Crippen molar-refractivity contribution in [2.24, 2.45) is 20.5 Å². The Kier molecular flexibility index (Phi) is 4.81. The van der Waals surface area contributed by atoms with Crippen LogP contribution in [-0.2, 0) is 0 Å². The fourth-order valence-electron chi connectivity index (χ4n) is 1.96. The Morgan fingerprint density at radius 2 is 0.958 bits per heavy atom. The minimum absolute atomic E-state index is 0.496. The van der Waals surface area contributed by atoms with Gasteiger partial charge in [-0.25, -0.2) is 4.98 Å². The molecule has 0 saturated heterocycles. The predicted molar refractivity (Wildman–Crippen MR) is 94.9 cm³/mol. The van der Waals surface area contributed by atoms with Crippen LogP contribution in [0.25, 0.3) is 0 Å². The van der Waals surface area contributed by atoms with Crippen molar-refractivity contribution in [2.75, 3.05) is 0 Å². The van der Waals surface area contributed by atoms with E-state index in [-0.39, 0.29) is 0 Å². The molecule has 0 N–H and O–H groups in total. The van der Waals surface area contributed by atoms with E-state index in [1.807, 2.05) is 68.4 Å². The topological polar surface area (TPSA) is 62.3 Å². The zero-order valence-corrected chi connectivity index (χ0v) is 13.6. The highest BCUT2D eigenvalue weighted by Crippen LogP contribution is 2.21. The summed E-state index contributed by atoms with van der Waals surface area (Å²) in [5, 5.41) is 16.6. The van der Waals surface area contributed by atoms with Gasteiger partial charge in [-0.1, -0.05) is 41.5 Å². The van der Waals surface area contributed by atoms with Gasteiger partial charge in [0.2, 0.25) is 0 Å². The van der Waals surface area contributed by atoms with Crippen LogP contribution in [0.4, 0.5) is 23.0 Å². The minimum Gasteiger partial charge on any atom is -0.206 e. The number of benzene rings is 2. The van der Waals surface area contributed by atoms with Crippen molar-refractivity contribution in [3.8, 4) is 0 Å². The molecule has 0 saturated carbocycles. The third-order valence-electron chi connectivity index (χ3n) is 3.32. The molecule has 3 rings (SSSR count). The summed E-state index contributed by atoms with van der Waals surface area (Å²) in [5.74, 6) is 0.992. The third-order valence-corrected chi connectivity index (χ3v) is 3.32. The summed E-state index contributed by atoms with van der Waals surface area (Å²) in [6.07, 6.45) is 0. The molecule has 5 nitrogen and oxygen atoms in total. The van der Waals surface area contributed by atoms with Crippen molar-refractivity contribution in [1.29, 1.82) is 0 Å². The molecule has 0 bridgehead atoms. The summed E-state index contributed by atoms with van der Waals surface area (Å²) in [4.78, 5) is 4.32. The molecule has 0 radical (unpaired) electrons. The number of pyridine rings is 1. The van der Waals surface area contributed by atoms with Crippen molar-refractivity contribution in [2.45, 2.75) is 13.8 Å². The van der Waals surface area contributed by atoms with E-state index in [0.717, 1.165) is 11.4 Å². The van der Waals surface area contributed by atoms with Gasteiger partial charge in [-0.3, -0.25) is 0 Å². The predicted octanol–water partition coefficient (Wildman–Crippen LogP) is 6.53. The van der Waals surface area contributed by atoms with Gasteiger partial charge < -0.3 is 0 Å². The summed E-state index contributed by atoms with van der Waals surface area (Å²) < 4.78 is 0. The standard InChI is InChI=1S/C19H17N5/c1-14-6-10-16(11-7-14)21-23-18-4-3-5-19(20-18)24-22-17-12-8-15(2)9-13-17/h3-13H,1-2H3/b23-21+,24-22+. The number of hydrogen-bond donors (Lipinski definition) is 0. The Labute approximate surface area is 140 Å². The summed E-state index contributed by atoms with van der Waals surface area (Å²) in [6, 6.07) is 21.0. The zero-order chi connectivity index (χ0) is 16.8. The fraction of sp³-hybridized carbons (Fsp3) is 0.105. The van der Waals surface area contributed by atoms with Crippen LogP contribution in [0.2, 0.25) is 0 Å². The van der Waals surface area contributed by atoms with Crippen LogP contribution in [0.5, 0.6) is 0 Å². The number of azo groups is 2. The highest BCUT2D eigenvalue weighted by atomic mass is 15.2. The van der Waals surface area contributed by atoms with Gasteiger partial charge in [-0.15, -0.1) is 20.5 Å². The molecule has 3 aromatic rings. The van der Waals surface area contributed by atoms with E-state index in [0.29, 0.717) is 11.6 Å². The van der Waals surface area contributed by atoms with Crippen LogP contribution < -0.4 is 0 Å². The van der Waals surface area contributed by atoms with Crippen LogP contribution in [0, 0.1) is 13.8 Å². The number of rotatable bonds is 4. The first-order chi connectivity index (χ1) is 11.7. The molecule has 0 unspecified atom stereocenters. The smallest absolute Gasteiger partial charge is 0.176 e.